The zero-order chi connectivity index (χ0) is 9.14. The molecule has 1 aromatic carbocycles. The minimum atomic E-state index is 0.651. The molecule has 1 rings (SSSR count). The van der Waals surface area contributed by atoms with E-state index >= 15 is 0 Å². The Morgan fingerprint density at radius 2 is 1.50 bits per heavy atom. The molecule has 0 spiro atoms. The van der Waals surface area contributed by atoms with Crippen LogP contribution in [0.2, 0.25) is 0 Å². The van der Waals surface area contributed by atoms with Crippen LogP contribution in [-0.2, 0) is 0 Å². The van der Waals surface area contributed by atoms with E-state index in [1.807, 2.05) is 0 Å². The van der Waals surface area contributed by atoms with Crippen molar-refractivity contribution in [3.05, 3.63) is 34.3 Å². The number of halogens is 1. The van der Waals surface area contributed by atoms with E-state index in [9.17, 15) is 0 Å². The van der Waals surface area contributed by atoms with Crippen LogP contribution in [0.5, 0.6) is 0 Å². The largest absolute Gasteiger partial charge is 0.0622 e. The molecular formula is C11H15Br. The normalized spacial score (nSPS) is 13.4. The summed E-state index contributed by atoms with van der Waals surface area (Å²) in [5, 5.41) is 0. The topological polar surface area (TPSA) is 0 Å². The molecule has 0 saturated heterocycles. The Morgan fingerprint density at radius 1 is 1.00 bits per heavy atom. The fraction of sp³-hybridized carbons (Fsp3) is 0.455. The van der Waals surface area contributed by atoms with Crippen molar-refractivity contribution in [2.45, 2.75) is 26.7 Å². The smallest absolute Gasteiger partial charge is 0.0175 e. The number of hydrogen-bond acceptors (Lipinski definition) is 0. The second-order valence-corrected chi connectivity index (χ2v) is 4.50. The Hall–Kier alpha value is -0.300. The van der Waals surface area contributed by atoms with Crippen molar-refractivity contribution in [2.24, 2.45) is 5.92 Å². The van der Waals surface area contributed by atoms with E-state index < -0.39 is 0 Å². The summed E-state index contributed by atoms with van der Waals surface area (Å²) >= 11 is 3.43. The molecule has 12 heavy (non-hydrogen) atoms. The van der Waals surface area contributed by atoms with Gasteiger partial charge in [0.05, 0.1) is 0 Å². The van der Waals surface area contributed by atoms with Gasteiger partial charge in [-0.25, -0.2) is 0 Å². The van der Waals surface area contributed by atoms with Crippen molar-refractivity contribution in [3.63, 3.8) is 0 Å². The highest BCUT2D eigenvalue weighted by Crippen LogP contribution is 2.24. The standard InChI is InChI=1S/C11H15Br/c1-8(2)9(3)10-4-6-11(12)7-5-10/h4-9H,1-3H3/t9-/m1/s1. The van der Waals surface area contributed by atoms with E-state index in [1.54, 1.807) is 0 Å². The van der Waals surface area contributed by atoms with Crippen LogP contribution in [0.4, 0.5) is 0 Å². The fourth-order valence-electron chi connectivity index (χ4n) is 1.15. The van der Waals surface area contributed by atoms with Crippen LogP contribution in [0.3, 0.4) is 0 Å². The van der Waals surface area contributed by atoms with Gasteiger partial charge in [0, 0.05) is 4.47 Å². The Balaban J connectivity index is 2.82. The molecular weight excluding hydrogens is 212 g/mol. The highest BCUT2D eigenvalue weighted by Gasteiger charge is 2.08. The van der Waals surface area contributed by atoms with Gasteiger partial charge in [0.25, 0.3) is 0 Å². The molecule has 0 fully saturated rings. The third-order valence-corrected chi connectivity index (χ3v) is 2.92. The molecule has 0 heterocycles. The lowest BCUT2D eigenvalue weighted by Crippen LogP contribution is -2.01. The summed E-state index contributed by atoms with van der Waals surface area (Å²) in [4.78, 5) is 0. The van der Waals surface area contributed by atoms with Crippen molar-refractivity contribution in [2.75, 3.05) is 0 Å². The van der Waals surface area contributed by atoms with Crippen LogP contribution in [0.25, 0.3) is 0 Å². The summed E-state index contributed by atoms with van der Waals surface area (Å²) in [5.41, 5.74) is 1.42. The average Bonchev–Trinajstić information content (AvgIpc) is 2.04. The first kappa shape index (κ1) is 9.79. The van der Waals surface area contributed by atoms with Crippen LogP contribution in [0, 0.1) is 5.92 Å². The molecule has 1 atom stereocenters. The van der Waals surface area contributed by atoms with Crippen LogP contribution < -0.4 is 0 Å². The van der Waals surface area contributed by atoms with E-state index in [-0.39, 0.29) is 0 Å². The molecule has 0 aliphatic carbocycles. The van der Waals surface area contributed by atoms with Crippen LogP contribution in [0.1, 0.15) is 32.3 Å². The first-order valence-corrected chi connectivity index (χ1v) is 5.16. The van der Waals surface area contributed by atoms with Gasteiger partial charge < -0.3 is 0 Å². The molecule has 0 N–H and O–H groups in total. The molecule has 0 aromatic heterocycles. The monoisotopic (exact) mass is 226 g/mol. The van der Waals surface area contributed by atoms with Crippen LogP contribution >= 0.6 is 15.9 Å². The van der Waals surface area contributed by atoms with Gasteiger partial charge in [0.1, 0.15) is 0 Å². The van der Waals surface area contributed by atoms with E-state index in [2.05, 4.69) is 61.0 Å². The highest BCUT2D eigenvalue weighted by molar-refractivity contribution is 9.10. The molecule has 0 saturated carbocycles. The molecule has 0 radical (unpaired) electrons. The highest BCUT2D eigenvalue weighted by atomic mass is 79.9. The summed E-state index contributed by atoms with van der Waals surface area (Å²) in [6.07, 6.45) is 0. The first-order chi connectivity index (χ1) is 5.61. The number of hydrogen-bond donors (Lipinski definition) is 0. The Kier molecular flexibility index (Phi) is 3.33. The van der Waals surface area contributed by atoms with Crippen molar-refractivity contribution < 1.29 is 0 Å². The summed E-state index contributed by atoms with van der Waals surface area (Å²) in [7, 11) is 0. The van der Waals surface area contributed by atoms with E-state index in [1.165, 1.54) is 5.56 Å². The lowest BCUT2D eigenvalue weighted by atomic mass is 9.91. The summed E-state index contributed by atoms with van der Waals surface area (Å²) in [6.45, 7) is 6.79. The molecule has 0 unspecified atom stereocenters. The fourth-order valence-corrected chi connectivity index (χ4v) is 1.42. The summed E-state index contributed by atoms with van der Waals surface area (Å²) in [6, 6.07) is 8.59. The Labute approximate surface area is 83.1 Å². The molecule has 1 aromatic rings. The van der Waals surface area contributed by atoms with Crippen molar-refractivity contribution in [3.8, 4) is 0 Å². The minimum Gasteiger partial charge on any atom is -0.0622 e. The van der Waals surface area contributed by atoms with Gasteiger partial charge in [-0.1, -0.05) is 48.8 Å². The summed E-state index contributed by atoms with van der Waals surface area (Å²) < 4.78 is 1.15. The zero-order valence-corrected chi connectivity index (χ0v) is 9.43. The SMILES string of the molecule is CC(C)[C@@H](C)c1ccc(Br)cc1. The third kappa shape index (κ3) is 2.34. The maximum absolute atomic E-state index is 3.43. The number of benzene rings is 1. The lowest BCUT2D eigenvalue weighted by Gasteiger charge is -2.15. The Morgan fingerprint density at radius 3 is 1.92 bits per heavy atom. The second kappa shape index (κ2) is 4.08. The molecule has 0 aliphatic heterocycles. The van der Waals surface area contributed by atoms with E-state index in [4.69, 9.17) is 0 Å². The van der Waals surface area contributed by atoms with Gasteiger partial charge in [-0.3, -0.25) is 0 Å². The molecule has 1 heteroatoms. The molecule has 0 nitrogen and oxygen atoms in total. The van der Waals surface area contributed by atoms with Crippen molar-refractivity contribution >= 4 is 15.9 Å². The van der Waals surface area contributed by atoms with Crippen molar-refractivity contribution in [1.82, 2.24) is 0 Å². The third-order valence-electron chi connectivity index (χ3n) is 2.40. The molecule has 0 bridgehead atoms. The second-order valence-electron chi connectivity index (χ2n) is 3.58. The van der Waals surface area contributed by atoms with Gasteiger partial charge in [-0.2, -0.15) is 0 Å². The number of rotatable bonds is 2. The molecule has 0 amide bonds. The van der Waals surface area contributed by atoms with Gasteiger partial charge >= 0.3 is 0 Å². The van der Waals surface area contributed by atoms with Crippen LogP contribution in [0.15, 0.2) is 28.7 Å². The summed E-state index contributed by atoms with van der Waals surface area (Å²) in [5.74, 6) is 1.37. The minimum absolute atomic E-state index is 0.651. The Bertz CT molecular complexity index is 236. The van der Waals surface area contributed by atoms with Gasteiger partial charge in [0.15, 0.2) is 0 Å². The lowest BCUT2D eigenvalue weighted by molar-refractivity contribution is 0.535. The van der Waals surface area contributed by atoms with E-state index in [0.29, 0.717) is 11.8 Å². The van der Waals surface area contributed by atoms with Crippen LogP contribution in [-0.4, -0.2) is 0 Å². The quantitative estimate of drug-likeness (QED) is 0.709. The van der Waals surface area contributed by atoms with Gasteiger partial charge in [-0.15, -0.1) is 0 Å². The molecule has 66 valence electrons. The predicted octanol–water partition coefficient (Wildman–Crippen LogP) is 4.21. The van der Waals surface area contributed by atoms with E-state index in [0.717, 1.165) is 4.47 Å². The van der Waals surface area contributed by atoms with Gasteiger partial charge in [0.2, 0.25) is 0 Å². The first-order valence-electron chi connectivity index (χ1n) is 4.36. The molecule has 0 aliphatic rings. The average molecular weight is 227 g/mol. The maximum Gasteiger partial charge on any atom is 0.0175 e. The maximum atomic E-state index is 3.43. The van der Waals surface area contributed by atoms with Gasteiger partial charge in [-0.05, 0) is 29.5 Å². The zero-order valence-electron chi connectivity index (χ0n) is 7.84. The predicted molar refractivity (Wildman–Crippen MR) is 57.4 cm³/mol. The van der Waals surface area contributed by atoms with Crippen molar-refractivity contribution in [1.29, 1.82) is 0 Å².